The van der Waals surface area contributed by atoms with Gasteiger partial charge in [0.2, 0.25) is 17.7 Å². The zero-order valence-corrected chi connectivity index (χ0v) is 28.2. The number of hydrogen-bond donors (Lipinski definition) is 1. The quantitative estimate of drug-likeness (QED) is 0.357. The molecule has 1 spiro atoms. The number of anilines is 1. The number of piperazine rings is 1. The normalized spacial score (nSPS) is 21.6. The van der Waals surface area contributed by atoms with Crippen molar-refractivity contribution in [3.63, 3.8) is 0 Å². The Hall–Kier alpha value is -4.49. The van der Waals surface area contributed by atoms with Crippen LogP contribution in [0.2, 0.25) is 0 Å². The molecule has 1 atom stereocenters. The van der Waals surface area contributed by atoms with Crippen LogP contribution in [0.4, 0.5) is 5.82 Å². The van der Waals surface area contributed by atoms with Crippen molar-refractivity contribution in [1.82, 2.24) is 29.6 Å². The number of carbonyl (C=O) groups is 3. The molecule has 13 heteroatoms. The number of nitrogens with zero attached hydrogens (tertiary/aromatic N) is 6. The van der Waals surface area contributed by atoms with Crippen LogP contribution >= 0.6 is 0 Å². The molecule has 1 N–H and O–H groups in total. The minimum Gasteiger partial charge on any atom is -0.496 e. The molecule has 3 aromatic rings. The number of rotatable bonds is 8. The zero-order valence-electron chi connectivity index (χ0n) is 28.2. The lowest BCUT2D eigenvalue weighted by Gasteiger charge is -2.61. The van der Waals surface area contributed by atoms with Gasteiger partial charge >= 0.3 is 0 Å². The Kier molecular flexibility index (Phi) is 8.15. The lowest BCUT2D eigenvalue weighted by Crippen LogP contribution is -2.68. The van der Waals surface area contributed by atoms with Crippen LogP contribution in [-0.4, -0.2) is 115 Å². The predicted molar refractivity (Wildman–Crippen MR) is 180 cm³/mol. The monoisotopic (exact) mass is 657 g/mol. The molecule has 1 unspecified atom stereocenters. The van der Waals surface area contributed by atoms with Gasteiger partial charge in [0, 0.05) is 89.7 Å². The first kappa shape index (κ1) is 32.1. The van der Waals surface area contributed by atoms with E-state index in [4.69, 9.17) is 9.47 Å². The van der Waals surface area contributed by atoms with E-state index in [0.29, 0.717) is 37.5 Å². The number of hydrogen-bond acceptors (Lipinski definition) is 10. The Morgan fingerprint density at radius 2 is 1.71 bits per heavy atom. The predicted octanol–water partition coefficient (Wildman–Crippen LogP) is 1.60. The van der Waals surface area contributed by atoms with Crippen molar-refractivity contribution in [3.05, 3.63) is 46.5 Å². The molecular formula is C35H43N7O6. The molecule has 1 aliphatic carbocycles. The number of nitrogens with one attached hydrogen (secondary N) is 1. The second-order valence-electron chi connectivity index (χ2n) is 14.0. The summed E-state index contributed by atoms with van der Waals surface area (Å²) >= 11 is 0. The summed E-state index contributed by atoms with van der Waals surface area (Å²) in [6.45, 7) is 4.19. The smallest absolute Gasteiger partial charge is 0.259 e. The van der Waals surface area contributed by atoms with Crippen LogP contribution in [-0.2, 0) is 28.0 Å². The molecule has 2 aromatic heterocycles. The average molecular weight is 658 g/mol. The number of benzene rings is 1. The Balaban J connectivity index is 1.02. The largest absolute Gasteiger partial charge is 0.496 e. The van der Waals surface area contributed by atoms with Crippen molar-refractivity contribution in [1.29, 1.82) is 0 Å². The van der Waals surface area contributed by atoms with Crippen LogP contribution in [0.3, 0.4) is 0 Å². The summed E-state index contributed by atoms with van der Waals surface area (Å²) in [5.41, 5.74) is 2.90. The van der Waals surface area contributed by atoms with E-state index in [1.165, 1.54) is 0 Å². The number of piperidine rings is 1. The number of amides is 3. The average Bonchev–Trinajstić information content (AvgIpc) is 3.03. The van der Waals surface area contributed by atoms with E-state index in [9.17, 15) is 19.2 Å². The first-order valence-electron chi connectivity index (χ1n) is 16.5. The minimum absolute atomic E-state index is 0.0323. The molecule has 13 nitrogen and oxygen atoms in total. The molecule has 0 radical (unpaired) electrons. The van der Waals surface area contributed by atoms with Crippen LogP contribution < -0.4 is 25.2 Å². The van der Waals surface area contributed by atoms with Crippen LogP contribution in [0.25, 0.3) is 21.9 Å². The van der Waals surface area contributed by atoms with Crippen molar-refractivity contribution in [3.8, 4) is 22.6 Å². The lowest BCUT2D eigenvalue weighted by atomic mass is 9.60. The molecule has 254 valence electrons. The van der Waals surface area contributed by atoms with E-state index in [1.54, 1.807) is 36.9 Å². The Morgan fingerprint density at radius 1 is 1.00 bits per heavy atom. The van der Waals surface area contributed by atoms with Gasteiger partial charge in [0.15, 0.2) is 0 Å². The number of methoxy groups -OCH3 is 2. The van der Waals surface area contributed by atoms with Gasteiger partial charge < -0.3 is 23.8 Å². The van der Waals surface area contributed by atoms with Gasteiger partial charge in [0.25, 0.3) is 5.56 Å². The summed E-state index contributed by atoms with van der Waals surface area (Å²) in [4.78, 5) is 62.6. The van der Waals surface area contributed by atoms with Gasteiger partial charge in [0.1, 0.15) is 23.4 Å². The SMILES string of the molecule is COc1cc(-c2cn(C)c(=O)c3cnc(N(C)C)cc23)cc(OC)c1CN1CC2(CC(N3CCN(C4CCC(=O)NC4=O)C(=O)C3)C2)C1. The van der Waals surface area contributed by atoms with Gasteiger partial charge in [0.05, 0.1) is 31.7 Å². The third-order valence-corrected chi connectivity index (χ3v) is 10.7. The van der Waals surface area contributed by atoms with Gasteiger partial charge in [-0.3, -0.25) is 34.3 Å². The van der Waals surface area contributed by atoms with Gasteiger partial charge in [-0.15, -0.1) is 0 Å². The lowest BCUT2D eigenvalue weighted by molar-refractivity contribution is -0.155. The van der Waals surface area contributed by atoms with Crippen LogP contribution in [0.1, 0.15) is 31.2 Å². The molecule has 3 saturated heterocycles. The maximum Gasteiger partial charge on any atom is 0.259 e. The summed E-state index contributed by atoms with van der Waals surface area (Å²) in [6.07, 6.45) is 6.26. The van der Waals surface area contributed by atoms with Gasteiger partial charge in [-0.2, -0.15) is 0 Å². The van der Waals surface area contributed by atoms with E-state index < -0.39 is 6.04 Å². The van der Waals surface area contributed by atoms with Crippen molar-refractivity contribution in [2.75, 3.05) is 65.9 Å². The van der Waals surface area contributed by atoms with Crippen molar-refractivity contribution < 1.29 is 23.9 Å². The van der Waals surface area contributed by atoms with Crippen LogP contribution in [0.5, 0.6) is 11.5 Å². The zero-order chi connectivity index (χ0) is 33.9. The summed E-state index contributed by atoms with van der Waals surface area (Å²) in [5.74, 6) is 1.57. The first-order valence-corrected chi connectivity index (χ1v) is 16.5. The number of likely N-dealkylation sites (tertiary alicyclic amines) is 1. The fourth-order valence-corrected chi connectivity index (χ4v) is 8.14. The van der Waals surface area contributed by atoms with E-state index in [-0.39, 0.29) is 35.1 Å². The van der Waals surface area contributed by atoms with Crippen molar-refractivity contribution in [2.45, 2.75) is 44.3 Å². The fraction of sp³-hybridized carbons (Fsp3) is 0.514. The highest BCUT2D eigenvalue weighted by molar-refractivity contribution is 6.02. The van der Waals surface area contributed by atoms with E-state index >= 15 is 0 Å². The number of imide groups is 1. The van der Waals surface area contributed by atoms with Gasteiger partial charge in [-0.25, -0.2) is 4.98 Å². The molecule has 5 heterocycles. The number of ether oxygens (including phenoxy) is 2. The highest BCUT2D eigenvalue weighted by Gasteiger charge is 2.54. The number of aromatic nitrogens is 2. The highest BCUT2D eigenvalue weighted by atomic mass is 16.5. The molecule has 3 amide bonds. The molecular weight excluding hydrogens is 614 g/mol. The highest BCUT2D eigenvalue weighted by Crippen LogP contribution is 2.51. The Labute approximate surface area is 279 Å². The van der Waals surface area contributed by atoms with E-state index in [1.807, 2.05) is 43.4 Å². The van der Waals surface area contributed by atoms with E-state index in [2.05, 4.69) is 20.1 Å². The topological polar surface area (TPSA) is 130 Å². The third kappa shape index (κ3) is 5.58. The molecule has 1 aromatic carbocycles. The first-order chi connectivity index (χ1) is 23.0. The van der Waals surface area contributed by atoms with Crippen LogP contribution in [0.15, 0.2) is 35.4 Å². The summed E-state index contributed by atoms with van der Waals surface area (Å²) in [5, 5.41) is 3.74. The maximum absolute atomic E-state index is 13.0. The number of aryl methyl sites for hydroxylation is 1. The molecule has 7 rings (SSSR count). The van der Waals surface area contributed by atoms with Crippen LogP contribution in [0, 0.1) is 5.41 Å². The molecule has 1 saturated carbocycles. The summed E-state index contributed by atoms with van der Waals surface area (Å²) < 4.78 is 13.4. The minimum atomic E-state index is -0.540. The Morgan fingerprint density at radius 3 is 2.33 bits per heavy atom. The van der Waals surface area contributed by atoms with Gasteiger partial charge in [-0.05, 0) is 48.4 Å². The number of carbonyl (C=O) groups excluding carboxylic acids is 3. The molecule has 4 aliphatic rings. The van der Waals surface area contributed by atoms with Gasteiger partial charge in [-0.1, -0.05) is 0 Å². The molecule has 0 bridgehead atoms. The standard InChI is InChI=1S/C35H43N7O6/c1-38(2)30-12-23-24(15-36-30)34(46)39(3)16-25(23)21-10-28(47-4)26(29(11-21)48-5)17-40-19-35(20-40)13-22(14-35)41-8-9-42(32(44)18-41)27-6-7-31(43)37-33(27)45/h10-12,15-16,22,27H,6-9,13-14,17-20H2,1-5H3,(H,37,43,45). The molecule has 48 heavy (non-hydrogen) atoms. The third-order valence-electron chi connectivity index (χ3n) is 10.7. The fourth-order valence-electron chi connectivity index (χ4n) is 8.14. The number of fused-ring (bicyclic) bond motifs is 1. The number of pyridine rings is 2. The second kappa shape index (κ2) is 12.2. The Bertz CT molecular complexity index is 1830. The summed E-state index contributed by atoms with van der Waals surface area (Å²) in [7, 11) is 8.94. The maximum atomic E-state index is 13.0. The van der Waals surface area contributed by atoms with Crippen molar-refractivity contribution in [2.24, 2.45) is 12.5 Å². The van der Waals surface area contributed by atoms with E-state index in [0.717, 1.165) is 71.9 Å². The second-order valence-corrected chi connectivity index (χ2v) is 14.0. The molecule has 4 fully saturated rings. The van der Waals surface area contributed by atoms with Crippen molar-refractivity contribution >= 4 is 34.3 Å². The molecule has 3 aliphatic heterocycles. The summed E-state index contributed by atoms with van der Waals surface area (Å²) in [6, 6.07) is 5.81.